The Morgan fingerprint density at radius 2 is 1.58 bits per heavy atom. The Kier molecular flexibility index (Phi) is 7.15. The van der Waals surface area contributed by atoms with Gasteiger partial charge in [-0.1, -0.05) is 17.7 Å². The fourth-order valence-corrected chi connectivity index (χ4v) is 6.59. The number of anilines is 1. The molecule has 0 atom stereocenters. The van der Waals surface area contributed by atoms with Crippen LogP contribution in [0.1, 0.15) is 60.3 Å². The number of hydrogen-bond donors (Lipinski definition) is 0. The van der Waals surface area contributed by atoms with Crippen LogP contribution in [0.25, 0.3) is 16.7 Å². The molecule has 2 aromatic heterocycles. The number of nitrogens with zero attached hydrogens (tertiary/aromatic N) is 5. The van der Waals surface area contributed by atoms with Crippen molar-refractivity contribution in [3.63, 3.8) is 0 Å². The van der Waals surface area contributed by atoms with E-state index in [0.29, 0.717) is 6.04 Å². The summed E-state index contributed by atoms with van der Waals surface area (Å²) in [4.78, 5) is 13.0. The first-order valence-electron chi connectivity index (χ1n) is 14.0. The van der Waals surface area contributed by atoms with Crippen molar-refractivity contribution in [2.75, 3.05) is 51.2 Å². The Bertz CT molecular complexity index is 1220. The lowest BCUT2D eigenvalue weighted by Crippen LogP contribution is -2.47. The van der Waals surface area contributed by atoms with E-state index in [1.807, 2.05) is 0 Å². The molecule has 1 fully saturated rings. The molecule has 5 nitrogen and oxygen atoms in total. The highest BCUT2D eigenvalue weighted by atomic mass is 15.3. The molecule has 0 bridgehead atoms. The average molecular weight is 488 g/mol. The van der Waals surface area contributed by atoms with E-state index in [1.165, 1.54) is 78.2 Å². The molecule has 5 heteroatoms. The van der Waals surface area contributed by atoms with Crippen LogP contribution in [0, 0.1) is 27.7 Å². The van der Waals surface area contributed by atoms with Crippen LogP contribution in [-0.4, -0.2) is 71.7 Å². The summed E-state index contributed by atoms with van der Waals surface area (Å²) in [5.74, 6) is 0. The predicted molar refractivity (Wildman–Crippen MR) is 153 cm³/mol. The number of hydrogen-bond acceptors (Lipinski definition) is 4. The van der Waals surface area contributed by atoms with Crippen molar-refractivity contribution in [2.24, 2.45) is 0 Å². The fraction of sp³-hybridized carbons (Fsp3) is 0.581. The van der Waals surface area contributed by atoms with Gasteiger partial charge in [0.1, 0.15) is 5.65 Å². The van der Waals surface area contributed by atoms with Gasteiger partial charge in [0.2, 0.25) is 0 Å². The SMILES string of the molecule is Cc1cc(C)c(-n2c3c(c4c(N(CCN5CCN(C)CC5)C(C)C)cc(C)nc42)CCCC3)c(C)c1. The quantitative estimate of drug-likeness (QED) is 0.452. The van der Waals surface area contributed by atoms with E-state index in [1.54, 1.807) is 5.56 Å². The molecule has 0 N–H and O–H groups in total. The molecule has 0 unspecified atom stereocenters. The third-order valence-corrected chi connectivity index (χ3v) is 8.37. The van der Waals surface area contributed by atoms with Crippen LogP contribution in [0.15, 0.2) is 18.2 Å². The van der Waals surface area contributed by atoms with E-state index < -0.39 is 0 Å². The summed E-state index contributed by atoms with van der Waals surface area (Å²) >= 11 is 0. The summed E-state index contributed by atoms with van der Waals surface area (Å²) in [6.07, 6.45) is 4.83. The highest BCUT2D eigenvalue weighted by molar-refractivity contribution is 5.96. The summed E-state index contributed by atoms with van der Waals surface area (Å²) in [6.45, 7) is 20.5. The first kappa shape index (κ1) is 25.3. The van der Waals surface area contributed by atoms with Gasteiger partial charge < -0.3 is 9.80 Å². The summed E-state index contributed by atoms with van der Waals surface area (Å²) in [6, 6.07) is 7.46. The highest BCUT2D eigenvalue weighted by Gasteiger charge is 2.28. The second-order valence-corrected chi connectivity index (χ2v) is 11.6. The Morgan fingerprint density at radius 1 is 0.917 bits per heavy atom. The number of aromatic nitrogens is 2. The molecule has 3 aromatic rings. The van der Waals surface area contributed by atoms with E-state index >= 15 is 0 Å². The molecule has 0 saturated carbocycles. The van der Waals surface area contributed by atoms with E-state index in [-0.39, 0.29) is 0 Å². The van der Waals surface area contributed by atoms with Gasteiger partial charge in [-0.3, -0.25) is 9.47 Å². The van der Waals surface area contributed by atoms with E-state index in [2.05, 4.69) is 86.1 Å². The normalized spacial score (nSPS) is 17.2. The van der Waals surface area contributed by atoms with Crippen LogP contribution in [0.3, 0.4) is 0 Å². The lowest BCUT2D eigenvalue weighted by atomic mass is 9.94. The maximum Gasteiger partial charge on any atom is 0.147 e. The third-order valence-electron chi connectivity index (χ3n) is 8.37. The number of rotatable bonds is 6. The van der Waals surface area contributed by atoms with Gasteiger partial charge in [-0.25, -0.2) is 4.98 Å². The topological polar surface area (TPSA) is 27.5 Å². The maximum absolute atomic E-state index is 5.24. The largest absolute Gasteiger partial charge is 0.367 e. The lowest BCUT2D eigenvalue weighted by Gasteiger charge is -2.36. The highest BCUT2D eigenvalue weighted by Crippen LogP contribution is 2.41. The molecule has 1 aliphatic heterocycles. The van der Waals surface area contributed by atoms with Gasteiger partial charge in [0, 0.05) is 62.1 Å². The number of piperazine rings is 1. The first-order valence-corrected chi connectivity index (χ1v) is 14.0. The zero-order valence-electron chi connectivity index (χ0n) is 23.6. The van der Waals surface area contributed by atoms with Gasteiger partial charge in [0.05, 0.1) is 11.4 Å². The summed E-state index contributed by atoms with van der Waals surface area (Å²) < 4.78 is 2.55. The van der Waals surface area contributed by atoms with Crippen LogP contribution < -0.4 is 4.90 Å². The monoisotopic (exact) mass is 487 g/mol. The van der Waals surface area contributed by atoms with Gasteiger partial charge >= 0.3 is 0 Å². The third kappa shape index (κ3) is 4.68. The second kappa shape index (κ2) is 10.2. The zero-order chi connectivity index (χ0) is 25.6. The van der Waals surface area contributed by atoms with Gasteiger partial charge in [0.25, 0.3) is 0 Å². The Morgan fingerprint density at radius 3 is 2.25 bits per heavy atom. The molecule has 3 heterocycles. The van der Waals surface area contributed by atoms with Gasteiger partial charge in [-0.2, -0.15) is 0 Å². The lowest BCUT2D eigenvalue weighted by molar-refractivity contribution is 0.156. The zero-order valence-corrected chi connectivity index (χ0v) is 23.6. The van der Waals surface area contributed by atoms with E-state index in [9.17, 15) is 0 Å². The Labute approximate surface area is 218 Å². The van der Waals surface area contributed by atoms with Crippen molar-refractivity contribution in [1.29, 1.82) is 0 Å². The number of likely N-dealkylation sites (N-methyl/N-ethyl adjacent to an activating group) is 1. The molecule has 36 heavy (non-hydrogen) atoms. The van der Waals surface area contributed by atoms with E-state index in [4.69, 9.17) is 4.98 Å². The number of aryl methyl sites for hydroxylation is 5. The summed E-state index contributed by atoms with van der Waals surface area (Å²) in [7, 11) is 2.24. The van der Waals surface area contributed by atoms with Gasteiger partial charge in [-0.15, -0.1) is 0 Å². The van der Waals surface area contributed by atoms with Gasteiger partial charge in [-0.05, 0) is 97.0 Å². The van der Waals surface area contributed by atoms with Crippen molar-refractivity contribution < 1.29 is 0 Å². The molecule has 0 radical (unpaired) electrons. The fourth-order valence-electron chi connectivity index (χ4n) is 6.59. The molecular formula is C31H45N5. The minimum Gasteiger partial charge on any atom is -0.367 e. The second-order valence-electron chi connectivity index (χ2n) is 11.6. The minimum atomic E-state index is 0.438. The molecule has 5 rings (SSSR count). The first-order chi connectivity index (χ1) is 17.2. The molecular weight excluding hydrogens is 442 g/mol. The number of fused-ring (bicyclic) bond motifs is 3. The predicted octanol–water partition coefficient (Wildman–Crippen LogP) is 5.60. The molecule has 0 spiro atoms. The Balaban J connectivity index is 1.65. The molecule has 1 saturated heterocycles. The number of benzene rings is 1. The van der Waals surface area contributed by atoms with E-state index in [0.717, 1.165) is 37.3 Å². The summed E-state index contributed by atoms with van der Waals surface area (Å²) in [5.41, 5.74) is 12.1. The van der Waals surface area contributed by atoms with Crippen molar-refractivity contribution >= 4 is 16.7 Å². The average Bonchev–Trinajstić information content (AvgIpc) is 3.13. The van der Waals surface area contributed by atoms with Crippen molar-refractivity contribution in [2.45, 2.75) is 73.3 Å². The standard InChI is InChI=1S/C31H45N5/c1-21(2)35(17-16-34-14-12-33(7)13-15-34)28-20-25(6)32-31-29(28)26-10-8-9-11-27(26)36(31)30-23(4)18-22(3)19-24(30)5/h18-21H,8-17H2,1-7H3. The maximum atomic E-state index is 5.24. The van der Waals surface area contributed by atoms with Crippen LogP contribution >= 0.6 is 0 Å². The van der Waals surface area contributed by atoms with Gasteiger partial charge in [0.15, 0.2) is 0 Å². The van der Waals surface area contributed by atoms with Crippen LogP contribution in [0.4, 0.5) is 5.69 Å². The van der Waals surface area contributed by atoms with Crippen LogP contribution in [0.2, 0.25) is 0 Å². The van der Waals surface area contributed by atoms with Crippen molar-refractivity contribution in [3.05, 3.63) is 51.8 Å². The molecule has 2 aliphatic rings. The van der Waals surface area contributed by atoms with Crippen molar-refractivity contribution in [3.8, 4) is 5.69 Å². The van der Waals surface area contributed by atoms with Crippen molar-refractivity contribution in [1.82, 2.24) is 19.4 Å². The minimum absolute atomic E-state index is 0.438. The smallest absolute Gasteiger partial charge is 0.147 e. The molecule has 194 valence electrons. The summed E-state index contributed by atoms with van der Waals surface area (Å²) in [5, 5.41) is 1.40. The number of pyridine rings is 1. The Hall–Kier alpha value is -2.37. The van der Waals surface area contributed by atoms with Crippen LogP contribution in [0.5, 0.6) is 0 Å². The van der Waals surface area contributed by atoms with Crippen LogP contribution in [-0.2, 0) is 12.8 Å². The molecule has 0 amide bonds. The molecule has 1 aliphatic carbocycles. The molecule has 1 aromatic carbocycles.